The van der Waals surface area contributed by atoms with Crippen molar-refractivity contribution in [2.45, 2.75) is 20.3 Å². The average molecular weight is 161 g/mol. The van der Waals surface area contributed by atoms with Crippen molar-refractivity contribution in [2.24, 2.45) is 5.92 Å². The predicted molar refractivity (Wildman–Crippen MR) is 53.5 cm³/mol. The maximum Gasteiger partial charge on any atom is 0.0423 e. The van der Waals surface area contributed by atoms with Crippen LogP contribution in [0.3, 0.4) is 0 Å². The van der Waals surface area contributed by atoms with Crippen LogP contribution in [0.4, 0.5) is 0 Å². The van der Waals surface area contributed by atoms with Gasteiger partial charge in [-0.05, 0) is 25.0 Å². The second-order valence-electron chi connectivity index (χ2n) is 3.06. The fourth-order valence-electron chi connectivity index (χ4n) is 1.20. The van der Waals surface area contributed by atoms with Crippen LogP contribution in [0.15, 0.2) is 36.0 Å². The molecule has 12 heavy (non-hydrogen) atoms. The van der Waals surface area contributed by atoms with Crippen molar-refractivity contribution >= 4 is 5.71 Å². The minimum absolute atomic E-state index is 0.202. The summed E-state index contributed by atoms with van der Waals surface area (Å²) in [6.07, 6.45) is 11.3. The quantitative estimate of drug-likeness (QED) is 0.602. The minimum atomic E-state index is 0.202. The molecule has 0 aliphatic heterocycles. The maximum absolute atomic E-state index is 7.68. The van der Waals surface area contributed by atoms with E-state index in [1.807, 2.05) is 13.0 Å². The second-order valence-corrected chi connectivity index (χ2v) is 3.06. The van der Waals surface area contributed by atoms with E-state index in [1.165, 1.54) is 5.57 Å². The third kappa shape index (κ3) is 2.19. The molecule has 0 fully saturated rings. The van der Waals surface area contributed by atoms with E-state index in [2.05, 4.69) is 31.2 Å². The number of hydrogen-bond acceptors (Lipinski definition) is 1. The summed E-state index contributed by atoms with van der Waals surface area (Å²) in [6, 6.07) is 0. The highest BCUT2D eigenvalue weighted by Gasteiger charge is 2.08. The van der Waals surface area contributed by atoms with Crippen molar-refractivity contribution in [3.63, 3.8) is 0 Å². The molecule has 1 unspecified atom stereocenters. The fourth-order valence-corrected chi connectivity index (χ4v) is 1.20. The Balaban J connectivity index is 2.66. The lowest BCUT2D eigenvalue weighted by atomic mass is 9.95. The first-order valence-electron chi connectivity index (χ1n) is 4.35. The predicted octanol–water partition coefficient (Wildman–Crippen LogP) is 3.10. The molecule has 1 atom stereocenters. The molecule has 1 aliphatic carbocycles. The maximum atomic E-state index is 7.68. The van der Waals surface area contributed by atoms with Gasteiger partial charge in [0.15, 0.2) is 0 Å². The molecule has 0 bridgehead atoms. The van der Waals surface area contributed by atoms with Gasteiger partial charge in [0.1, 0.15) is 0 Å². The molecule has 1 rings (SSSR count). The van der Waals surface area contributed by atoms with Crippen molar-refractivity contribution in [3.8, 4) is 0 Å². The first-order valence-corrected chi connectivity index (χ1v) is 4.35. The van der Waals surface area contributed by atoms with Gasteiger partial charge in [-0.15, -0.1) is 0 Å². The summed E-state index contributed by atoms with van der Waals surface area (Å²) < 4.78 is 0. The summed E-state index contributed by atoms with van der Waals surface area (Å²) in [5, 5.41) is 7.68. The summed E-state index contributed by atoms with van der Waals surface area (Å²) in [5.41, 5.74) is 1.86. The fraction of sp³-hybridized carbons (Fsp3) is 0.364. The summed E-state index contributed by atoms with van der Waals surface area (Å²) >= 11 is 0. The molecule has 1 aliphatic rings. The zero-order valence-electron chi connectivity index (χ0n) is 7.67. The molecule has 0 aromatic heterocycles. The lowest BCUT2D eigenvalue weighted by molar-refractivity contribution is 1.07. The summed E-state index contributed by atoms with van der Waals surface area (Å²) in [4.78, 5) is 0. The summed E-state index contributed by atoms with van der Waals surface area (Å²) in [5.74, 6) is 0.202. The normalized spacial score (nSPS) is 23.3. The highest BCUT2D eigenvalue weighted by atomic mass is 14.4. The van der Waals surface area contributed by atoms with Crippen molar-refractivity contribution in [3.05, 3.63) is 36.0 Å². The zero-order valence-corrected chi connectivity index (χ0v) is 7.67. The first kappa shape index (κ1) is 8.98. The highest BCUT2D eigenvalue weighted by Crippen LogP contribution is 2.14. The molecule has 0 aromatic carbocycles. The van der Waals surface area contributed by atoms with Crippen molar-refractivity contribution in [2.75, 3.05) is 0 Å². The first-order chi connectivity index (χ1) is 5.74. The Kier molecular flexibility index (Phi) is 3.03. The van der Waals surface area contributed by atoms with Gasteiger partial charge in [0.2, 0.25) is 0 Å². The molecule has 1 nitrogen and oxygen atoms in total. The Bertz CT molecular complexity index is 256. The van der Waals surface area contributed by atoms with Crippen LogP contribution in [0.5, 0.6) is 0 Å². The largest absolute Gasteiger partial charge is 0.304 e. The Morgan fingerprint density at radius 1 is 1.58 bits per heavy atom. The van der Waals surface area contributed by atoms with Gasteiger partial charge in [0, 0.05) is 11.6 Å². The van der Waals surface area contributed by atoms with Crippen LogP contribution in [0.25, 0.3) is 0 Å². The third-order valence-electron chi connectivity index (χ3n) is 1.89. The van der Waals surface area contributed by atoms with Gasteiger partial charge in [-0.1, -0.05) is 31.2 Å². The topological polar surface area (TPSA) is 23.9 Å². The number of nitrogens with one attached hydrogen (secondary N) is 1. The van der Waals surface area contributed by atoms with Gasteiger partial charge >= 0.3 is 0 Å². The molecule has 1 heteroatoms. The van der Waals surface area contributed by atoms with E-state index in [0.717, 1.165) is 6.42 Å². The van der Waals surface area contributed by atoms with Crippen LogP contribution in [-0.4, -0.2) is 5.71 Å². The second kappa shape index (κ2) is 4.05. The Morgan fingerprint density at radius 2 is 2.33 bits per heavy atom. The SMILES string of the molecule is CCC=CC1C=CC(C)=CC1=N. The minimum Gasteiger partial charge on any atom is -0.304 e. The van der Waals surface area contributed by atoms with E-state index in [1.54, 1.807) is 0 Å². The number of hydrogen-bond donors (Lipinski definition) is 1. The van der Waals surface area contributed by atoms with E-state index < -0.39 is 0 Å². The molecule has 0 aromatic rings. The van der Waals surface area contributed by atoms with Gasteiger partial charge in [-0.3, -0.25) is 0 Å². The van der Waals surface area contributed by atoms with Crippen molar-refractivity contribution in [1.29, 1.82) is 5.41 Å². The molecule has 1 N–H and O–H groups in total. The average Bonchev–Trinajstić information content (AvgIpc) is 2.03. The van der Waals surface area contributed by atoms with Crippen LogP contribution in [0, 0.1) is 11.3 Å². The van der Waals surface area contributed by atoms with Gasteiger partial charge in [-0.2, -0.15) is 0 Å². The van der Waals surface area contributed by atoms with E-state index >= 15 is 0 Å². The Labute approximate surface area is 74.0 Å². The van der Waals surface area contributed by atoms with Crippen LogP contribution < -0.4 is 0 Å². The van der Waals surface area contributed by atoms with E-state index in [4.69, 9.17) is 5.41 Å². The number of allylic oxidation sites excluding steroid dienone is 6. The zero-order chi connectivity index (χ0) is 8.97. The standard InChI is InChI=1S/C11H15N/c1-3-4-5-10-7-6-9(2)8-11(10)12/h4-8,10,12H,3H2,1-2H3. The van der Waals surface area contributed by atoms with E-state index in [0.29, 0.717) is 5.71 Å². The van der Waals surface area contributed by atoms with Gasteiger partial charge in [-0.25, -0.2) is 0 Å². The molecule has 0 radical (unpaired) electrons. The highest BCUT2D eigenvalue weighted by molar-refractivity contribution is 5.98. The summed E-state index contributed by atoms with van der Waals surface area (Å²) in [7, 11) is 0. The molecular weight excluding hydrogens is 146 g/mol. The summed E-state index contributed by atoms with van der Waals surface area (Å²) in [6.45, 7) is 4.12. The van der Waals surface area contributed by atoms with Crippen molar-refractivity contribution < 1.29 is 0 Å². The molecule has 0 saturated carbocycles. The monoisotopic (exact) mass is 161 g/mol. The molecule has 0 spiro atoms. The lowest BCUT2D eigenvalue weighted by Gasteiger charge is -2.11. The van der Waals surface area contributed by atoms with Gasteiger partial charge in [0.25, 0.3) is 0 Å². The van der Waals surface area contributed by atoms with Crippen LogP contribution in [0.2, 0.25) is 0 Å². The molecule has 0 heterocycles. The lowest BCUT2D eigenvalue weighted by Crippen LogP contribution is -2.08. The van der Waals surface area contributed by atoms with E-state index in [-0.39, 0.29) is 5.92 Å². The molecule has 64 valence electrons. The van der Waals surface area contributed by atoms with Crippen molar-refractivity contribution in [1.82, 2.24) is 0 Å². The Morgan fingerprint density at radius 3 is 2.92 bits per heavy atom. The van der Waals surface area contributed by atoms with Crippen LogP contribution in [0.1, 0.15) is 20.3 Å². The van der Waals surface area contributed by atoms with Gasteiger partial charge in [0.05, 0.1) is 0 Å². The van der Waals surface area contributed by atoms with Gasteiger partial charge < -0.3 is 5.41 Å². The smallest absolute Gasteiger partial charge is 0.0423 e. The third-order valence-corrected chi connectivity index (χ3v) is 1.89. The van der Waals surface area contributed by atoms with Crippen LogP contribution in [-0.2, 0) is 0 Å². The Hall–Kier alpha value is -1.11. The number of rotatable bonds is 2. The molecular formula is C11H15N. The molecule has 0 saturated heterocycles. The van der Waals surface area contributed by atoms with E-state index in [9.17, 15) is 0 Å². The molecule has 0 amide bonds. The van der Waals surface area contributed by atoms with Crippen LogP contribution >= 0.6 is 0 Å².